The fourth-order valence-corrected chi connectivity index (χ4v) is 10.2. The molecule has 7 unspecified atom stereocenters. The van der Waals surface area contributed by atoms with E-state index in [1.54, 1.807) is 6.08 Å². The van der Waals surface area contributed by atoms with Gasteiger partial charge in [0.15, 0.2) is 6.29 Å². The molecule has 0 aromatic heterocycles. The molecule has 0 aromatic rings. The van der Waals surface area contributed by atoms with Crippen LogP contribution in [0.2, 0.25) is 0 Å². The van der Waals surface area contributed by atoms with E-state index in [4.69, 9.17) is 9.47 Å². The van der Waals surface area contributed by atoms with E-state index in [-0.39, 0.29) is 12.5 Å². The minimum absolute atomic E-state index is 0.185. The van der Waals surface area contributed by atoms with E-state index in [1.165, 1.54) is 244 Å². The molecule has 6 N–H and O–H groups in total. The molecular formula is C64H121NO8. The molecule has 9 nitrogen and oxygen atoms in total. The van der Waals surface area contributed by atoms with Gasteiger partial charge in [-0.15, -0.1) is 0 Å². The second-order valence-electron chi connectivity index (χ2n) is 22.2. The molecule has 0 bridgehead atoms. The lowest BCUT2D eigenvalue weighted by atomic mass is 9.99. The van der Waals surface area contributed by atoms with E-state index >= 15 is 0 Å². The standard InChI is InChI=1S/C64H121NO8/c1-3-5-7-9-11-13-15-17-19-21-23-25-26-27-28-29-30-31-32-33-34-35-37-39-41-43-45-47-49-51-53-58(67)57(56-72-64-63(71)62(70)61(69)59(55-66)73-64)65-60(68)54-52-50-48-46-44-42-40-38-36-24-22-20-18-16-14-12-10-8-6-4-2/h35,37,43,45,51,53,57-59,61-64,66-67,69-71H,3-34,36,38-42,44,46-50,52,54-56H2,1-2H3,(H,65,68)/b37-35+,45-43+,53-51+. The minimum atomic E-state index is -1.57. The minimum Gasteiger partial charge on any atom is -0.394 e. The van der Waals surface area contributed by atoms with Crippen molar-refractivity contribution in [3.05, 3.63) is 36.5 Å². The summed E-state index contributed by atoms with van der Waals surface area (Å²) in [4.78, 5) is 13.1. The number of nitrogens with one attached hydrogen (secondary N) is 1. The van der Waals surface area contributed by atoms with Crippen LogP contribution in [-0.2, 0) is 14.3 Å². The highest BCUT2D eigenvalue weighted by molar-refractivity contribution is 5.76. The highest BCUT2D eigenvalue weighted by Gasteiger charge is 2.44. The molecule has 7 atom stereocenters. The van der Waals surface area contributed by atoms with Gasteiger partial charge in [-0.1, -0.05) is 294 Å². The number of allylic oxidation sites excluding steroid dienone is 5. The van der Waals surface area contributed by atoms with Crippen LogP contribution in [-0.4, -0.2) is 87.5 Å². The molecule has 1 fully saturated rings. The number of hydrogen-bond donors (Lipinski definition) is 6. The molecule has 0 radical (unpaired) electrons. The number of hydrogen-bond acceptors (Lipinski definition) is 8. The van der Waals surface area contributed by atoms with Crippen molar-refractivity contribution in [1.29, 1.82) is 0 Å². The fraction of sp³-hybridized carbons (Fsp3) is 0.891. The smallest absolute Gasteiger partial charge is 0.220 e. The van der Waals surface area contributed by atoms with Gasteiger partial charge in [-0.05, 0) is 44.9 Å². The van der Waals surface area contributed by atoms with Gasteiger partial charge in [-0.3, -0.25) is 4.79 Å². The Morgan fingerprint density at radius 3 is 1.15 bits per heavy atom. The Labute approximate surface area is 451 Å². The Morgan fingerprint density at radius 1 is 0.452 bits per heavy atom. The topological polar surface area (TPSA) is 149 Å². The molecule has 0 saturated carbocycles. The molecule has 1 saturated heterocycles. The van der Waals surface area contributed by atoms with E-state index < -0.39 is 49.5 Å². The first-order valence-electron chi connectivity index (χ1n) is 31.7. The molecule has 9 heteroatoms. The van der Waals surface area contributed by atoms with Crippen molar-refractivity contribution in [2.24, 2.45) is 0 Å². The summed E-state index contributed by atoms with van der Waals surface area (Å²) < 4.78 is 11.3. The molecule has 1 aliphatic heterocycles. The summed E-state index contributed by atoms with van der Waals surface area (Å²) >= 11 is 0. The molecule has 1 rings (SSSR count). The largest absolute Gasteiger partial charge is 0.394 e. The number of rotatable bonds is 55. The monoisotopic (exact) mass is 1030 g/mol. The number of ether oxygens (including phenoxy) is 2. The molecule has 1 amide bonds. The maximum Gasteiger partial charge on any atom is 0.220 e. The highest BCUT2D eigenvalue weighted by Crippen LogP contribution is 2.23. The number of carbonyl (C=O) groups excluding carboxylic acids is 1. The number of unbranched alkanes of at least 4 members (excludes halogenated alkanes) is 41. The summed E-state index contributed by atoms with van der Waals surface area (Å²) in [6, 6.07) is -0.827. The third-order valence-electron chi connectivity index (χ3n) is 15.2. The van der Waals surface area contributed by atoms with Gasteiger partial charge in [0.1, 0.15) is 24.4 Å². The molecule has 430 valence electrons. The third-order valence-corrected chi connectivity index (χ3v) is 15.2. The van der Waals surface area contributed by atoms with Gasteiger partial charge in [0.05, 0.1) is 25.4 Å². The summed E-state index contributed by atoms with van der Waals surface area (Å²) in [6.45, 7) is 3.80. The first-order chi connectivity index (χ1) is 35.8. The number of aliphatic hydroxyl groups excluding tert-OH is 5. The predicted molar refractivity (Wildman–Crippen MR) is 309 cm³/mol. The van der Waals surface area contributed by atoms with Crippen LogP contribution in [0.4, 0.5) is 0 Å². The van der Waals surface area contributed by atoms with Gasteiger partial charge < -0.3 is 40.3 Å². The molecule has 1 heterocycles. The fourth-order valence-electron chi connectivity index (χ4n) is 10.2. The van der Waals surface area contributed by atoms with Crippen LogP contribution in [0.15, 0.2) is 36.5 Å². The van der Waals surface area contributed by atoms with Crippen LogP contribution in [0.1, 0.15) is 309 Å². The highest BCUT2D eigenvalue weighted by atomic mass is 16.7. The summed E-state index contributed by atoms with van der Waals surface area (Å²) in [5.74, 6) is -0.185. The first-order valence-corrected chi connectivity index (χ1v) is 31.7. The maximum atomic E-state index is 13.1. The van der Waals surface area contributed by atoms with Crippen molar-refractivity contribution in [2.45, 2.75) is 352 Å². The molecule has 1 aliphatic rings. The number of aliphatic hydroxyl groups is 5. The zero-order chi connectivity index (χ0) is 52.9. The average Bonchev–Trinajstić information content (AvgIpc) is 3.39. The van der Waals surface area contributed by atoms with Crippen LogP contribution in [0.5, 0.6) is 0 Å². The lowest BCUT2D eigenvalue weighted by Gasteiger charge is -2.40. The summed E-state index contributed by atoms with van der Waals surface area (Å²) in [5, 5.41) is 54.6. The Kier molecular flexibility index (Phi) is 51.2. The Bertz CT molecular complexity index is 1240. The van der Waals surface area contributed by atoms with Gasteiger partial charge in [-0.2, -0.15) is 0 Å². The van der Waals surface area contributed by atoms with E-state index in [1.807, 2.05) is 6.08 Å². The Morgan fingerprint density at radius 2 is 0.781 bits per heavy atom. The van der Waals surface area contributed by atoms with Crippen LogP contribution < -0.4 is 5.32 Å². The molecule has 0 spiro atoms. The van der Waals surface area contributed by atoms with Crippen LogP contribution in [0, 0.1) is 0 Å². The van der Waals surface area contributed by atoms with Gasteiger partial charge in [0, 0.05) is 6.42 Å². The van der Waals surface area contributed by atoms with Gasteiger partial charge in [0.2, 0.25) is 5.91 Å². The summed E-state index contributed by atoms with van der Waals surface area (Å²) in [6.07, 6.45) is 63.8. The van der Waals surface area contributed by atoms with Crippen LogP contribution in [0.25, 0.3) is 0 Å². The second kappa shape index (κ2) is 53.8. The molecule has 0 aliphatic carbocycles. The maximum absolute atomic E-state index is 13.1. The molecule has 0 aromatic carbocycles. The first kappa shape index (κ1) is 69.4. The lowest BCUT2D eigenvalue weighted by molar-refractivity contribution is -0.302. The van der Waals surface area contributed by atoms with E-state index in [0.717, 1.165) is 44.9 Å². The van der Waals surface area contributed by atoms with Crippen molar-refractivity contribution in [3.8, 4) is 0 Å². The van der Waals surface area contributed by atoms with Crippen molar-refractivity contribution in [3.63, 3.8) is 0 Å². The van der Waals surface area contributed by atoms with Gasteiger partial charge >= 0.3 is 0 Å². The summed E-state index contributed by atoms with van der Waals surface area (Å²) in [5.41, 5.74) is 0. The average molecular weight is 1030 g/mol. The van der Waals surface area contributed by atoms with Gasteiger partial charge in [-0.25, -0.2) is 0 Å². The second-order valence-corrected chi connectivity index (χ2v) is 22.2. The van der Waals surface area contributed by atoms with Crippen molar-refractivity contribution in [1.82, 2.24) is 5.32 Å². The van der Waals surface area contributed by atoms with Crippen LogP contribution in [0.3, 0.4) is 0 Å². The predicted octanol–water partition coefficient (Wildman–Crippen LogP) is 16.3. The van der Waals surface area contributed by atoms with Crippen LogP contribution >= 0.6 is 0 Å². The van der Waals surface area contributed by atoms with E-state index in [0.29, 0.717) is 6.42 Å². The SMILES string of the molecule is CCCCCCCCCCCCCCCCCCCCCC/C=C/CC/C=C/CC/C=C/C(O)C(COC1OC(CO)C(O)C(O)C1O)NC(=O)CCCCCCCCCCCCCCCCCCCCCC. The summed E-state index contributed by atoms with van der Waals surface area (Å²) in [7, 11) is 0. The van der Waals surface area contributed by atoms with E-state index in [2.05, 4.69) is 43.5 Å². The van der Waals surface area contributed by atoms with Crippen molar-refractivity contribution in [2.75, 3.05) is 13.2 Å². The van der Waals surface area contributed by atoms with Crippen molar-refractivity contribution >= 4 is 5.91 Å². The third kappa shape index (κ3) is 43.1. The zero-order valence-corrected chi connectivity index (χ0v) is 47.9. The van der Waals surface area contributed by atoms with Gasteiger partial charge in [0.25, 0.3) is 0 Å². The zero-order valence-electron chi connectivity index (χ0n) is 47.9. The molecule has 73 heavy (non-hydrogen) atoms. The Hall–Kier alpha value is -1.59. The number of carbonyl (C=O) groups is 1. The Balaban J connectivity index is 2.20. The van der Waals surface area contributed by atoms with Crippen molar-refractivity contribution < 1.29 is 39.8 Å². The molecular weight excluding hydrogens is 911 g/mol. The van der Waals surface area contributed by atoms with E-state index in [9.17, 15) is 30.3 Å². The lowest BCUT2D eigenvalue weighted by Crippen LogP contribution is -2.60. The number of amides is 1. The normalized spacial score (nSPS) is 19.2. The quantitative estimate of drug-likeness (QED) is 0.0261.